The van der Waals surface area contributed by atoms with Crippen LogP contribution < -0.4 is 5.73 Å². The molecule has 1 aliphatic rings. The summed E-state index contributed by atoms with van der Waals surface area (Å²) in [6.07, 6.45) is 7.09. The van der Waals surface area contributed by atoms with Gasteiger partial charge in [-0.2, -0.15) is 0 Å². The van der Waals surface area contributed by atoms with Crippen LogP contribution in [0, 0.1) is 0 Å². The Hall–Kier alpha value is -1.73. The second-order valence-corrected chi connectivity index (χ2v) is 6.24. The highest BCUT2D eigenvalue weighted by Crippen LogP contribution is 2.32. The molecule has 7 heteroatoms. The molecule has 2 aromatic rings. The molecule has 0 radical (unpaired) electrons. The van der Waals surface area contributed by atoms with Crippen LogP contribution in [0.4, 0.5) is 5.69 Å². The number of rotatable bonds is 2. The molecule has 0 aliphatic carbocycles. The number of aliphatic hydroxyl groups is 1. The monoisotopic (exact) mass is 306 g/mol. The molecule has 1 aliphatic heterocycles. The first kappa shape index (κ1) is 14.2. The zero-order valence-electron chi connectivity index (χ0n) is 11.7. The lowest BCUT2D eigenvalue weighted by molar-refractivity contribution is 0.0605. The van der Waals surface area contributed by atoms with Crippen molar-refractivity contribution in [3.63, 3.8) is 0 Å². The van der Waals surface area contributed by atoms with E-state index < -0.39 is 0 Å². The minimum Gasteiger partial charge on any atom is -0.396 e. The van der Waals surface area contributed by atoms with Crippen LogP contribution in [0.2, 0.25) is 0 Å². The first-order valence-electron chi connectivity index (χ1n) is 7.13. The molecule has 0 bridgehead atoms. The first-order chi connectivity index (χ1) is 10.2. The van der Waals surface area contributed by atoms with Gasteiger partial charge in [-0.3, -0.25) is 4.79 Å². The molecular weight excluding hydrogens is 288 g/mol. The highest BCUT2D eigenvalue weighted by molar-refractivity contribution is 7.21. The molecule has 0 saturated carbocycles. The van der Waals surface area contributed by atoms with E-state index in [1.54, 1.807) is 17.3 Å². The van der Waals surface area contributed by atoms with Crippen molar-refractivity contribution in [3.8, 4) is 0 Å². The van der Waals surface area contributed by atoms with Crippen LogP contribution >= 0.6 is 11.3 Å². The quantitative estimate of drug-likeness (QED) is 0.880. The minimum absolute atomic E-state index is 0.00690. The Labute approximate surface area is 126 Å². The van der Waals surface area contributed by atoms with Gasteiger partial charge < -0.3 is 15.7 Å². The summed E-state index contributed by atoms with van der Waals surface area (Å²) in [6, 6.07) is -0.120. The largest absolute Gasteiger partial charge is 0.396 e. The van der Waals surface area contributed by atoms with Gasteiger partial charge in [-0.25, -0.2) is 9.97 Å². The molecule has 1 unspecified atom stereocenters. The Kier molecular flexibility index (Phi) is 4.03. The number of carbonyl (C=O) groups excluding carboxylic acids is 1. The molecular formula is C14H18N4O2S. The number of aliphatic hydroxyl groups excluding tert-OH is 1. The molecule has 1 amide bonds. The van der Waals surface area contributed by atoms with Crippen molar-refractivity contribution < 1.29 is 9.90 Å². The topological polar surface area (TPSA) is 92.3 Å². The van der Waals surface area contributed by atoms with Crippen molar-refractivity contribution in [2.24, 2.45) is 0 Å². The summed E-state index contributed by atoms with van der Waals surface area (Å²) in [6.45, 7) is 0.658. The number of fused-ring (bicyclic) bond motifs is 1. The number of likely N-dealkylation sites (tertiary alicyclic amines) is 1. The van der Waals surface area contributed by atoms with E-state index in [0.717, 1.165) is 25.7 Å². The lowest BCUT2D eigenvalue weighted by Crippen LogP contribution is -2.42. The molecule has 2 aromatic heterocycles. The minimum atomic E-state index is -0.120. The van der Waals surface area contributed by atoms with E-state index in [-0.39, 0.29) is 18.6 Å². The average Bonchev–Trinajstić information content (AvgIpc) is 2.71. The third-order valence-electron chi connectivity index (χ3n) is 3.91. The van der Waals surface area contributed by atoms with E-state index in [9.17, 15) is 9.90 Å². The van der Waals surface area contributed by atoms with Crippen LogP contribution in [0.5, 0.6) is 0 Å². The van der Waals surface area contributed by atoms with Gasteiger partial charge in [0.25, 0.3) is 5.91 Å². The number of thiophene rings is 1. The number of anilines is 1. The van der Waals surface area contributed by atoms with E-state index in [2.05, 4.69) is 9.97 Å². The van der Waals surface area contributed by atoms with Gasteiger partial charge in [-0.05, 0) is 12.8 Å². The van der Waals surface area contributed by atoms with Crippen LogP contribution in [0.1, 0.15) is 35.4 Å². The van der Waals surface area contributed by atoms with Crippen LogP contribution in [0.25, 0.3) is 10.3 Å². The molecule has 6 nitrogen and oxygen atoms in total. The highest BCUT2D eigenvalue weighted by atomic mass is 32.1. The molecule has 21 heavy (non-hydrogen) atoms. The van der Waals surface area contributed by atoms with E-state index in [1.165, 1.54) is 11.3 Å². The average molecular weight is 306 g/mol. The summed E-state index contributed by atoms with van der Waals surface area (Å²) in [5.74, 6) is -0.113. The third-order valence-corrected chi connectivity index (χ3v) is 5.00. The van der Waals surface area contributed by atoms with Gasteiger partial charge in [-0.15, -0.1) is 11.3 Å². The molecule has 1 saturated heterocycles. The van der Waals surface area contributed by atoms with Gasteiger partial charge in [0.15, 0.2) is 0 Å². The number of aromatic nitrogens is 2. The fraction of sp³-hybridized carbons (Fsp3) is 0.500. The van der Waals surface area contributed by atoms with Gasteiger partial charge in [0.1, 0.15) is 15.2 Å². The molecule has 3 rings (SSSR count). The standard InChI is InChI=1S/C14H18N4O2S/c15-10-11-13(17-6-5-16-11)21-12(10)14(20)18-7-3-1-2-4-9(18)8-19/h5-6,9,19H,1-4,7-8,15H2. The van der Waals surface area contributed by atoms with Gasteiger partial charge in [0, 0.05) is 18.9 Å². The molecule has 3 heterocycles. The Morgan fingerprint density at radius 3 is 2.95 bits per heavy atom. The van der Waals surface area contributed by atoms with Crippen LogP contribution in [0.3, 0.4) is 0 Å². The SMILES string of the molecule is Nc1c(C(=O)N2CCCCCC2CO)sc2nccnc12. The summed E-state index contributed by atoms with van der Waals surface area (Å²) >= 11 is 1.27. The number of amides is 1. The highest BCUT2D eigenvalue weighted by Gasteiger charge is 2.29. The maximum absolute atomic E-state index is 12.8. The molecule has 1 fully saturated rings. The summed E-state index contributed by atoms with van der Waals surface area (Å²) in [5.41, 5.74) is 7.05. The van der Waals surface area contributed by atoms with Gasteiger partial charge in [0.2, 0.25) is 0 Å². The summed E-state index contributed by atoms with van der Waals surface area (Å²) in [4.78, 5) is 24.1. The molecule has 0 aromatic carbocycles. The molecule has 3 N–H and O–H groups in total. The van der Waals surface area contributed by atoms with Crippen LogP contribution in [0.15, 0.2) is 12.4 Å². The normalized spacial score (nSPS) is 19.7. The number of hydrogen-bond acceptors (Lipinski definition) is 6. The number of nitrogens with zero attached hydrogens (tertiary/aromatic N) is 3. The van der Waals surface area contributed by atoms with Gasteiger partial charge in [-0.1, -0.05) is 12.8 Å². The first-order valence-corrected chi connectivity index (χ1v) is 7.95. The smallest absolute Gasteiger partial charge is 0.266 e. The number of nitrogens with two attached hydrogens (primary N) is 1. The van der Waals surface area contributed by atoms with E-state index in [1.807, 2.05) is 0 Å². The van der Waals surface area contributed by atoms with Crippen molar-refractivity contribution in [3.05, 3.63) is 17.3 Å². The Morgan fingerprint density at radius 1 is 1.38 bits per heavy atom. The van der Waals surface area contributed by atoms with Crippen molar-refractivity contribution in [2.45, 2.75) is 31.7 Å². The summed E-state index contributed by atoms with van der Waals surface area (Å²) < 4.78 is 0. The lowest BCUT2D eigenvalue weighted by Gasteiger charge is -2.28. The summed E-state index contributed by atoms with van der Waals surface area (Å²) in [5, 5.41) is 9.54. The van der Waals surface area contributed by atoms with Crippen molar-refractivity contribution in [1.82, 2.24) is 14.9 Å². The van der Waals surface area contributed by atoms with Gasteiger partial charge in [0.05, 0.1) is 18.3 Å². The van der Waals surface area contributed by atoms with Crippen LogP contribution in [-0.4, -0.2) is 45.1 Å². The Balaban J connectivity index is 1.96. The number of carbonyl (C=O) groups is 1. The predicted octanol–water partition coefficient (Wildman–Crippen LogP) is 1.65. The van der Waals surface area contributed by atoms with E-state index in [4.69, 9.17) is 5.73 Å². The van der Waals surface area contributed by atoms with Crippen molar-refractivity contribution in [1.29, 1.82) is 0 Å². The second-order valence-electron chi connectivity index (χ2n) is 5.24. The zero-order valence-corrected chi connectivity index (χ0v) is 12.5. The van der Waals surface area contributed by atoms with Crippen molar-refractivity contribution in [2.75, 3.05) is 18.9 Å². The zero-order chi connectivity index (χ0) is 14.8. The number of nitrogen functional groups attached to an aromatic ring is 1. The Bertz CT molecular complexity index is 657. The second kappa shape index (κ2) is 5.95. The fourth-order valence-electron chi connectivity index (χ4n) is 2.77. The maximum Gasteiger partial charge on any atom is 0.266 e. The van der Waals surface area contributed by atoms with E-state index >= 15 is 0 Å². The predicted molar refractivity (Wildman–Crippen MR) is 82.2 cm³/mol. The summed E-state index contributed by atoms with van der Waals surface area (Å²) in [7, 11) is 0. The fourth-order valence-corrected chi connectivity index (χ4v) is 3.75. The number of hydrogen-bond donors (Lipinski definition) is 2. The third kappa shape index (κ3) is 2.58. The Morgan fingerprint density at radius 2 is 2.19 bits per heavy atom. The van der Waals surface area contributed by atoms with Gasteiger partial charge >= 0.3 is 0 Å². The van der Waals surface area contributed by atoms with Crippen LogP contribution in [-0.2, 0) is 0 Å². The van der Waals surface area contributed by atoms with Crippen molar-refractivity contribution >= 4 is 33.3 Å². The maximum atomic E-state index is 12.8. The molecule has 0 spiro atoms. The lowest BCUT2D eigenvalue weighted by atomic mass is 10.1. The molecule has 112 valence electrons. The van der Waals surface area contributed by atoms with E-state index in [0.29, 0.717) is 27.5 Å². The molecule has 1 atom stereocenters.